The molecule has 1 aromatic rings. The highest BCUT2D eigenvalue weighted by molar-refractivity contribution is 5.85. The highest BCUT2D eigenvalue weighted by Crippen LogP contribution is 2.50. The van der Waals surface area contributed by atoms with Gasteiger partial charge in [-0.1, -0.05) is 18.6 Å². The number of rotatable bonds is 3. The van der Waals surface area contributed by atoms with Crippen LogP contribution >= 0.6 is 12.4 Å². The Hall–Kier alpha value is -1.11. The fourth-order valence-corrected chi connectivity index (χ4v) is 3.69. The standard InChI is InChI=1S/C16H20F2N2O2.ClH/c17-16(18)21-13-6-2-5-12(15(13)22-16)14(11-3-1-4-11)20-9-7-19-8-10-20;/h2,5-6,11,14,19H,1,3-4,7-10H2;1H/t14-;/m1./s1. The molecule has 1 atom stereocenters. The van der Waals surface area contributed by atoms with E-state index in [0.29, 0.717) is 5.92 Å². The second kappa shape index (κ2) is 6.42. The van der Waals surface area contributed by atoms with E-state index in [2.05, 4.69) is 15.0 Å². The van der Waals surface area contributed by atoms with E-state index in [-0.39, 0.29) is 29.9 Å². The Morgan fingerprint density at radius 3 is 2.57 bits per heavy atom. The summed E-state index contributed by atoms with van der Waals surface area (Å²) in [5, 5.41) is 3.34. The number of alkyl halides is 2. The smallest absolute Gasteiger partial charge is 0.395 e. The van der Waals surface area contributed by atoms with Gasteiger partial charge in [-0.05, 0) is 24.8 Å². The van der Waals surface area contributed by atoms with Crippen LogP contribution in [0.25, 0.3) is 0 Å². The molecule has 4 rings (SSSR count). The van der Waals surface area contributed by atoms with E-state index < -0.39 is 6.29 Å². The second-order valence-corrected chi connectivity index (χ2v) is 6.26. The molecule has 1 aromatic carbocycles. The lowest BCUT2D eigenvalue weighted by atomic mass is 9.76. The molecule has 0 amide bonds. The van der Waals surface area contributed by atoms with Crippen molar-refractivity contribution < 1.29 is 18.3 Å². The van der Waals surface area contributed by atoms with Crippen molar-refractivity contribution in [2.24, 2.45) is 5.92 Å². The fraction of sp³-hybridized carbons (Fsp3) is 0.625. The van der Waals surface area contributed by atoms with E-state index in [1.807, 2.05) is 6.07 Å². The third-order valence-electron chi connectivity index (χ3n) is 4.92. The SMILES string of the molecule is Cl.FC1(F)Oc2cccc([C@@H](C3CCC3)N3CCNCC3)c2O1. The average Bonchev–Trinajstić information content (AvgIpc) is 2.77. The summed E-state index contributed by atoms with van der Waals surface area (Å²) in [7, 11) is 0. The highest BCUT2D eigenvalue weighted by Gasteiger charge is 2.46. The summed E-state index contributed by atoms with van der Waals surface area (Å²) in [5.41, 5.74) is 0.848. The van der Waals surface area contributed by atoms with Crippen LogP contribution < -0.4 is 14.8 Å². The fourth-order valence-electron chi connectivity index (χ4n) is 3.69. The average molecular weight is 347 g/mol. The number of nitrogens with zero attached hydrogens (tertiary/aromatic N) is 1. The second-order valence-electron chi connectivity index (χ2n) is 6.26. The Morgan fingerprint density at radius 1 is 1.17 bits per heavy atom. The summed E-state index contributed by atoms with van der Waals surface area (Å²) >= 11 is 0. The quantitative estimate of drug-likeness (QED) is 0.911. The van der Waals surface area contributed by atoms with E-state index in [1.165, 1.54) is 6.42 Å². The summed E-state index contributed by atoms with van der Waals surface area (Å²) in [6.07, 6.45) is -0.0348. The van der Waals surface area contributed by atoms with E-state index in [4.69, 9.17) is 4.74 Å². The molecule has 2 heterocycles. The molecule has 1 aliphatic carbocycles. The normalized spacial score (nSPS) is 24.6. The van der Waals surface area contributed by atoms with Crippen LogP contribution in [-0.4, -0.2) is 37.4 Å². The number of piperazine rings is 1. The van der Waals surface area contributed by atoms with Gasteiger partial charge in [0.2, 0.25) is 0 Å². The minimum Gasteiger partial charge on any atom is -0.395 e. The molecule has 0 aromatic heterocycles. The zero-order chi connectivity index (χ0) is 15.2. The molecule has 2 aliphatic heterocycles. The maximum absolute atomic E-state index is 13.5. The summed E-state index contributed by atoms with van der Waals surface area (Å²) in [6, 6.07) is 5.39. The Labute approximate surface area is 140 Å². The molecule has 0 bridgehead atoms. The Morgan fingerprint density at radius 2 is 1.91 bits per heavy atom. The molecule has 128 valence electrons. The molecule has 23 heavy (non-hydrogen) atoms. The van der Waals surface area contributed by atoms with Gasteiger partial charge >= 0.3 is 6.29 Å². The first-order chi connectivity index (χ1) is 10.6. The third kappa shape index (κ3) is 3.12. The summed E-state index contributed by atoms with van der Waals surface area (Å²) in [4.78, 5) is 2.40. The van der Waals surface area contributed by atoms with E-state index in [0.717, 1.165) is 44.6 Å². The van der Waals surface area contributed by atoms with E-state index in [9.17, 15) is 8.78 Å². The molecular formula is C16H21ClF2N2O2. The van der Waals surface area contributed by atoms with Crippen LogP contribution in [0.5, 0.6) is 11.5 Å². The predicted molar refractivity (Wildman–Crippen MR) is 84.4 cm³/mol. The van der Waals surface area contributed by atoms with Crippen molar-refractivity contribution in [2.75, 3.05) is 26.2 Å². The first kappa shape index (κ1) is 16.7. The van der Waals surface area contributed by atoms with Gasteiger partial charge in [-0.2, -0.15) is 0 Å². The van der Waals surface area contributed by atoms with Gasteiger partial charge in [-0.25, -0.2) is 0 Å². The molecule has 1 saturated carbocycles. The van der Waals surface area contributed by atoms with Gasteiger partial charge in [0.25, 0.3) is 0 Å². The highest BCUT2D eigenvalue weighted by atomic mass is 35.5. The molecule has 2 fully saturated rings. The van der Waals surface area contributed by atoms with Gasteiger partial charge < -0.3 is 14.8 Å². The van der Waals surface area contributed by atoms with Crippen molar-refractivity contribution in [3.05, 3.63) is 23.8 Å². The number of fused-ring (bicyclic) bond motifs is 1. The number of para-hydroxylation sites is 1. The molecule has 1 saturated heterocycles. The maximum atomic E-state index is 13.5. The van der Waals surface area contributed by atoms with Crippen LogP contribution in [0.3, 0.4) is 0 Å². The zero-order valence-corrected chi connectivity index (χ0v) is 13.6. The first-order valence-electron chi connectivity index (χ1n) is 7.97. The number of benzene rings is 1. The predicted octanol–water partition coefficient (Wildman–Crippen LogP) is 3.18. The Bertz CT molecular complexity index is 563. The largest absolute Gasteiger partial charge is 0.586 e. The molecule has 3 aliphatic rings. The topological polar surface area (TPSA) is 33.7 Å². The lowest BCUT2D eigenvalue weighted by Crippen LogP contribution is -2.47. The minimum atomic E-state index is -3.55. The van der Waals surface area contributed by atoms with Crippen LogP contribution in [0.4, 0.5) is 8.78 Å². The number of hydrogen-bond donors (Lipinski definition) is 1. The third-order valence-corrected chi connectivity index (χ3v) is 4.92. The number of hydrogen-bond acceptors (Lipinski definition) is 4. The zero-order valence-electron chi connectivity index (χ0n) is 12.8. The maximum Gasteiger partial charge on any atom is 0.586 e. The number of halogens is 3. The van der Waals surface area contributed by atoms with Crippen LogP contribution in [-0.2, 0) is 0 Å². The lowest BCUT2D eigenvalue weighted by Gasteiger charge is -2.43. The molecule has 7 heteroatoms. The molecule has 0 unspecified atom stereocenters. The first-order valence-corrected chi connectivity index (χ1v) is 7.97. The summed E-state index contributed by atoms with van der Waals surface area (Å²) < 4.78 is 36.3. The van der Waals surface area contributed by atoms with E-state index in [1.54, 1.807) is 12.1 Å². The lowest BCUT2D eigenvalue weighted by molar-refractivity contribution is -0.287. The van der Waals surface area contributed by atoms with Crippen LogP contribution in [0.2, 0.25) is 0 Å². The monoisotopic (exact) mass is 346 g/mol. The van der Waals surface area contributed by atoms with Crippen molar-refractivity contribution in [1.82, 2.24) is 10.2 Å². The molecular weight excluding hydrogens is 326 g/mol. The van der Waals surface area contributed by atoms with Gasteiger partial charge in [0, 0.05) is 37.8 Å². The number of nitrogens with one attached hydrogen (secondary N) is 1. The number of ether oxygens (including phenoxy) is 2. The molecule has 0 radical (unpaired) electrons. The summed E-state index contributed by atoms with van der Waals surface area (Å²) in [6.45, 7) is 3.74. The molecule has 0 spiro atoms. The van der Waals surface area contributed by atoms with Crippen molar-refractivity contribution in [3.63, 3.8) is 0 Å². The minimum absolute atomic E-state index is 0. The van der Waals surface area contributed by atoms with Crippen LogP contribution in [0.1, 0.15) is 30.9 Å². The van der Waals surface area contributed by atoms with Crippen LogP contribution in [0, 0.1) is 5.92 Å². The van der Waals surface area contributed by atoms with Crippen molar-refractivity contribution in [3.8, 4) is 11.5 Å². The molecule has 1 N–H and O–H groups in total. The van der Waals surface area contributed by atoms with Gasteiger partial charge in [0.05, 0.1) is 0 Å². The molecule has 4 nitrogen and oxygen atoms in total. The van der Waals surface area contributed by atoms with Crippen molar-refractivity contribution >= 4 is 12.4 Å². The van der Waals surface area contributed by atoms with Crippen molar-refractivity contribution in [2.45, 2.75) is 31.6 Å². The van der Waals surface area contributed by atoms with Gasteiger partial charge in [0.15, 0.2) is 11.5 Å². The van der Waals surface area contributed by atoms with Gasteiger partial charge in [-0.3, -0.25) is 4.90 Å². The Kier molecular flexibility index (Phi) is 4.67. The summed E-state index contributed by atoms with van der Waals surface area (Å²) in [5.74, 6) is 0.896. The Balaban J connectivity index is 0.00000156. The van der Waals surface area contributed by atoms with Crippen molar-refractivity contribution in [1.29, 1.82) is 0 Å². The van der Waals surface area contributed by atoms with Gasteiger partial charge in [-0.15, -0.1) is 21.2 Å². The van der Waals surface area contributed by atoms with E-state index >= 15 is 0 Å². The van der Waals surface area contributed by atoms with Crippen LogP contribution in [0.15, 0.2) is 18.2 Å². The van der Waals surface area contributed by atoms with Gasteiger partial charge in [0.1, 0.15) is 0 Å².